The smallest absolute Gasteiger partial charge is 0.407 e. The topological polar surface area (TPSA) is 58.4 Å². The molecule has 1 aromatic carbocycles. The molecule has 21 heavy (non-hydrogen) atoms. The van der Waals surface area contributed by atoms with Crippen LogP contribution in [0.3, 0.4) is 0 Å². The molecule has 0 saturated heterocycles. The first kappa shape index (κ1) is 14.1. The molecule has 2 heterocycles. The number of carboxylic acid groups (broad SMARTS) is 1. The molecule has 0 bridgehead atoms. The van der Waals surface area contributed by atoms with Crippen molar-refractivity contribution in [2.45, 2.75) is 26.8 Å². The van der Waals surface area contributed by atoms with E-state index in [0.717, 1.165) is 32.7 Å². The molecule has 1 aromatic heterocycles. The molecule has 2 aromatic rings. The number of nitrogens with zero attached hydrogens (tertiary/aromatic N) is 3. The Morgan fingerprint density at radius 3 is 2.62 bits per heavy atom. The highest BCUT2D eigenvalue weighted by atomic mass is 79.9. The first-order valence-electron chi connectivity index (χ1n) is 6.79. The summed E-state index contributed by atoms with van der Waals surface area (Å²) >= 11 is 3.60. The van der Waals surface area contributed by atoms with Crippen molar-refractivity contribution in [2.75, 3.05) is 6.54 Å². The first-order chi connectivity index (χ1) is 9.99. The van der Waals surface area contributed by atoms with Gasteiger partial charge in [0.1, 0.15) is 4.60 Å². The zero-order valence-corrected chi connectivity index (χ0v) is 13.5. The van der Waals surface area contributed by atoms with E-state index < -0.39 is 6.09 Å². The van der Waals surface area contributed by atoms with Crippen LogP contribution in [0.4, 0.5) is 4.79 Å². The summed E-state index contributed by atoms with van der Waals surface area (Å²) in [4.78, 5) is 12.6. The number of halogens is 1. The average Bonchev–Trinajstić information content (AvgIpc) is 2.75. The normalized spacial score (nSPS) is 14.1. The summed E-state index contributed by atoms with van der Waals surface area (Å²) in [6.07, 6.45) is -0.231. The molecule has 3 rings (SSSR count). The van der Waals surface area contributed by atoms with Crippen molar-refractivity contribution in [2.24, 2.45) is 0 Å². The van der Waals surface area contributed by atoms with Gasteiger partial charge in [0.25, 0.3) is 0 Å². The van der Waals surface area contributed by atoms with Gasteiger partial charge in [-0.1, -0.05) is 18.2 Å². The molecule has 6 heteroatoms. The standard InChI is InChI=1S/C15H16BrN3O2/c1-9-4-3-5-10(2)13(9)19-14(16)11-8-18(15(20)21)7-6-12(11)17-19/h3-5H,6-8H2,1-2H3,(H,20,21). The second-order valence-corrected chi connectivity index (χ2v) is 6.07. The van der Waals surface area contributed by atoms with Crippen LogP contribution in [0.5, 0.6) is 0 Å². The van der Waals surface area contributed by atoms with Gasteiger partial charge in [-0.05, 0) is 40.9 Å². The van der Waals surface area contributed by atoms with E-state index in [0.29, 0.717) is 19.5 Å². The summed E-state index contributed by atoms with van der Waals surface area (Å²) in [5, 5.41) is 13.8. The predicted molar refractivity (Wildman–Crippen MR) is 82.9 cm³/mol. The highest BCUT2D eigenvalue weighted by Gasteiger charge is 2.27. The Morgan fingerprint density at radius 2 is 2.00 bits per heavy atom. The molecule has 0 radical (unpaired) electrons. The Kier molecular flexibility index (Phi) is 3.49. The molecule has 0 saturated carbocycles. The number of para-hydroxylation sites is 1. The number of rotatable bonds is 1. The lowest BCUT2D eigenvalue weighted by atomic mass is 10.1. The van der Waals surface area contributed by atoms with E-state index >= 15 is 0 Å². The van der Waals surface area contributed by atoms with Crippen LogP contribution in [0.25, 0.3) is 5.69 Å². The Morgan fingerprint density at radius 1 is 1.33 bits per heavy atom. The fourth-order valence-corrected chi connectivity index (χ4v) is 3.40. The van der Waals surface area contributed by atoms with Crippen molar-refractivity contribution in [3.63, 3.8) is 0 Å². The van der Waals surface area contributed by atoms with Gasteiger partial charge in [-0.15, -0.1) is 0 Å². The maximum Gasteiger partial charge on any atom is 0.407 e. The minimum Gasteiger partial charge on any atom is -0.465 e. The van der Waals surface area contributed by atoms with Crippen LogP contribution >= 0.6 is 15.9 Å². The third kappa shape index (κ3) is 2.33. The van der Waals surface area contributed by atoms with Gasteiger partial charge in [-0.25, -0.2) is 9.48 Å². The van der Waals surface area contributed by atoms with Gasteiger partial charge in [0.15, 0.2) is 0 Å². The van der Waals surface area contributed by atoms with Crippen LogP contribution in [-0.2, 0) is 13.0 Å². The van der Waals surface area contributed by atoms with Gasteiger partial charge in [-0.2, -0.15) is 5.10 Å². The average molecular weight is 350 g/mol. The minimum atomic E-state index is -0.882. The van der Waals surface area contributed by atoms with E-state index in [-0.39, 0.29) is 0 Å². The predicted octanol–water partition coefficient (Wildman–Crippen LogP) is 3.29. The second kappa shape index (κ2) is 5.18. The van der Waals surface area contributed by atoms with Crippen LogP contribution in [0.15, 0.2) is 22.8 Å². The van der Waals surface area contributed by atoms with Crippen molar-refractivity contribution in [1.82, 2.24) is 14.7 Å². The quantitative estimate of drug-likeness (QED) is 0.859. The zero-order valence-electron chi connectivity index (χ0n) is 11.9. The Balaban J connectivity index is 2.10. The summed E-state index contributed by atoms with van der Waals surface area (Å²) < 4.78 is 2.74. The molecule has 5 nitrogen and oxygen atoms in total. The van der Waals surface area contributed by atoms with E-state index in [4.69, 9.17) is 5.11 Å². The van der Waals surface area contributed by atoms with Crippen LogP contribution in [0.2, 0.25) is 0 Å². The number of hydrogen-bond acceptors (Lipinski definition) is 2. The van der Waals surface area contributed by atoms with E-state index in [9.17, 15) is 4.79 Å². The minimum absolute atomic E-state index is 0.385. The highest BCUT2D eigenvalue weighted by molar-refractivity contribution is 9.10. The third-order valence-electron chi connectivity index (χ3n) is 3.89. The number of fused-ring (bicyclic) bond motifs is 1. The molecule has 1 aliphatic heterocycles. The van der Waals surface area contributed by atoms with Crippen LogP contribution in [0.1, 0.15) is 22.4 Å². The summed E-state index contributed by atoms with van der Waals surface area (Å²) in [6, 6.07) is 6.13. The van der Waals surface area contributed by atoms with E-state index in [1.165, 1.54) is 4.90 Å². The van der Waals surface area contributed by atoms with Crippen LogP contribution < -0.4 is 0 Å². The molecule has 1 amide bonds. The summed E-state index contributed by atoms with van der Waals surface area (Å²) in [6.45, 7) is 4.99. The molecular formula is C15H16BrN3O2. The largest absolute Gasteiger partial charge is 0.465 e. The van der Waals surface area contributed by atoms with Crippen molar-refractivity contribution in [3.05, 3.63) is 45.2 Å². The number of aryl methyl sites for hydroxylation is 2. The first-order valence-corrected chi connectivity index (χ1v) is 7.59. The van der Waals surface area contributed by atoms with Crippen LogP contribution in [0, 0.1) is 13.8 Å². The monoisotopic (exact) mass is 349 g/mol. The number of amides is 1. The summed E-state index contributed by atoms with van der Waals surface area (Å²) in [5.74, 6) is 0. The van der Waals surface area contributed by atoms with Crippen molar-refractivity contribution >= 4 is 22.0 Å². The summed E-state index contributed by atoms with van der Waals surface area (Å²) in [7, 11) is 0. The number of aromatic nitrogens is 2. The zero-order chi connectivity index (χ0) is 15.1. The van der Waals surface area contributed by atoms with Crippen LogP contribution in [-0.4, -0.2) is 32.4 Å². The SMILES string of the molecule is Cc1cccc(C)c1-n1nc2c(c1Br)CN(C(=O)O)CC2. The number of benzene rings is 1. The highest BCUT2D eigenvalue weighted by Crippen LogP contribution is 2.31. The number of hydrogen-bond donors (Lipinski definition) is 1. The lowest BCUT2D eigenvalue weighted by molar-refractivity contribution is 0.139. The Bertz CT molecular complexity index is 704. The van der Waals surface area contributed by atoms with Crippen molar-refractivity contribution < 1.29 is 9.90 Å². The lowest BCUT2D eigenvalue weighted by Gasteiger charge is -2.23. The third-order valence-corrected chi connectivity index (χ3v) is 4.71. The number of carbonyl (C=O) groups is 1. The van der Waals surface area contributed by atoms with Gasteiger partial charge in [0, 0.05) is 18.5 Å². The molecule has 0 aliphatic carbocycles. The fraction of sp³-hybridized carbons (Fsp3) is 0.333. The van der Waals surface area contributed by atoms with Gasteiger partial charge in [0.2, 0.25) is 0 Å². The maximum atomic E-state index is 11.1. The summed E-state index contributed by atoms with van der Waals surface area (Å²) in [5.41, 5.74) is 5.28. The Hall–Kier alpha value is -1.82. The second-order valence-electron chi connectivity index (χ2n) is 5.32. The molecule has 1 aliphatic rings. The van der Waals surface area contributed by atoms with E-state index in [2.05, 4.69) is 47.0 Å². The Labute approximate surface area is 131 Å². The molecule has 1 N–H and O–H groups in total. The van der Waals surface area contributed by atoms with Crippen molar-refractivity contribution in [3.8, 4) is 5.69 Å². The van der Waals surface area contributed by atoms with Gasteiger partial charge in [-0.3, -0.25) is 0 Å². The van der Waals surface area contributed by atoms with Gasteiger partial charge < -0.3 is 10.0 Å². The maximum absolute atomic E-state index is 11.1. The lowest BCUT2D eigenvalue weighted by Crippen LogP contribution is -2.34. The molecule has 0 unspecified atom stereocenters. The van der Waals surface area contributed by atoms with Gasteiger partial charge in [0.05, 0.1) is 17.9 Å². The molecule has 110 valence electrons. The molecule has 0 fully saturated rings. The van der Waals surface area contributed by atoms with Crippen molar-refractivity contribution in [1.29, 1.82) is 0 Å². The van der Waals surface area contributed by atoms with Gasteiger partial charge >= 0.3 is 6.09 Å². The molecule has 0 spiro atoms. The molecular weight excluding hydrogens is 334 g/mol. The van der Waals surface area contributed by atoms with E-state index in [1.54, 1.807) is 0 Å². The molecule has 0 atom stereocenters. The van der Waals surface area contributed by atoms with E-state index in [1.807, 2.05) is 10.7 Å². The fourth-order valence-electron chi connectivity index (χ4n) is 2.79.